The number of nitrogens with one attached hydrogen (secondary N) is 2. The highest BCUT2D eigenvalue weighted by molar-refractivity contribution is 6.06. The SMILES string of the molecule is COc1cccc(C2C(C(=O)Nc3cccnc3)=C(C)Nc3nc(-c4ccc(N(C)C)cc4)nn32)c1OC. The molecule has 1 atom stereocenters. The lowest BCUT2D eigenvalue weighted by Crippen LogP contribution is -2.31. The molecule has 0 spiro atoms. The van der Waals surface area contributed by atoms with E-state index < -0.39 is 6.04 Å². The van der Waals surface area contributed by atoms with Crippen molar-refractivity contribution in [3.8, 4) is 22.9 Å². The molecule has 0 saturated carbocycles. The molecular weight excluding hydrogens is 482 g/mol. The van der Waals surface area contributed by atoms with Crippen LogP contribution in [-0.4, -0.2) is 54.0 Å². The van der Waals surface area contributed by atoms with Crippen LogP contribution in [0.4, 0.5) is 17.3 Å². The fourth-order valence-electron chi connectivity index (χ4n) is 4.53. The first kappa shape index (κ1) is 24.8. The van der Waals surface area contributed by atoms with Crippen molar-refractivity contribution in [3.05, 3.63) is 83.8 Å². The molecule has 1 amide bonds. The number of anilines is 3. The predicted molar refractivity (Wildman–Crippen MR) is 147 cm³/mol. The summed E-state index contributed by atoms with van der Waals surface area (Å²) < 4.78 is 13.1. The van der Waals surface area contributed by atoms with Gasteiger partial charge in [0.05, 0.1) is 31.7 Å². The first-order chi connectivity index (χ1) is 18.4. The van der Waals surface area contributed by atoms with Gasteiger partial charge in [-0.3, -0.25) is 9.78 Å². The minimum absolute atomic E-state index is 0.295. The molecule has 2 aromatic heterocycles. The molecule has 38 heavy (non-hydrogen) atoms. The van der Waals surface area contributed by atoms with Crippen molar-refractivity contribution < 1.29 is 14.3 Å². The number of rotatable bonds is 7. The number of aromatic nitrogens is 4. The van der Waals surface area contributed by atoms with Crippen LogP contribution < -0.4 is 25.0 Å². The van der Waals surface area contributed by atoms with Crippen LogP contribution in [0.25, 0.3) is 11.4 Å². The molecular formula is C28H29N7O3. The van der Waals surface area contributed by atoms with Crippen LogP contribution in [0.5, 0.6) is 11.5 Å². The van der Waals surface area contributed by atoms with E-state index in [4.69, 9.17) is 19.6 Å². The van der Waals surface area contributed by atoms with Crippen molar-refractivity contribution in [2.75, 3.05) is 43.8 Å². The van der Waals surface area contributed by atoms with Crippen molar-refractivity contribution in [3.63, 3.8) is 0 Å². The Kier molecular flexibility index (Phi) is 6.69. The maximum absolute atomic E-state index is 13.7. The van der Waals surface area contributed by atoms with Gasteiger partial charge in [0.1, 0.15) is 6.04 Å². The van der Waals surface area contributed by atoms with Crippen molar-refractivity contribution in [1.29, 1.82) is 0 Å². The zero-order chi connectivity index (χ0) is 26.8. The number of carbonyl (C=O) groups excluding carboxylic acids is 1. The van der Waals surface area contributed by atoms with Crippen molar-refractivity contribution in [1.82, 2.24) is 19.7 Å². The Morgan fingerprint density at radius 1 is 1.05 bits per heavy atom. The Morgan fingerprint density at radius 3 is 2.50 bits per heavy atom. The maximum Gasteiger partial charge on any atom is 0.255 e. The largest absolute Gasteiger partial charge is 0.493 e. The van der Waals surface area contributed by atoms with Crippen molar-refractivity contribution >= 4 is 23.2 Å². The lowest BCUT2D eigenvalue weighted by molar-refractivity contribution is -0.113. The molecule has 10 heteroatoms. The zero-order valence-corrected chi connectivity index (χ0v) is 21.9. The number of hydrogen-bond acceptors (Lipinski definition) is 8. The van der Waals surface area contributed by atoms with Gasteiger partial charge >= 0.3 is 0 Å². The highest BCUT2D eigenvalue weighted by Crippen LogP contribution is 2.43. The molecule has 0 bridgehead atoms. The zero-order valence-electron chi connectivity index (χ0n) is 21.9. The van der Waals surface area contributed by atoms with Gasteiger partial charge in [0.15, 0.2) is 17.3 Å². The first-order valence-corrected chi connectivity index (χ1v) is 12.1. The second-order valence-corrected chi connectivity index (χ2v) is 8.99. The number of allylic oxidation sites excluding steroid dienone is 1. The molecule has 0 fully saturated rings. The van der Waals surface area contributed by atoms with E-state index in [1.165, 1.54) is 0 Å². The number of carbonyl (C=O) groups is 1. The number of amides is 1. The second-order valence-electron chi connectivity index (χ2n) is 8.99. The van der Waals surface area contributed by atoms with Gasteiger partial charge in [0.2, 0.25) is 5.95 Å². The Balaban J connectivity index is 1.64. The lowest BCUT2D eigenvalue weighted by atomic mass is 9.94. The van der Waals surface area contributed by atoms with E-state index in [9.17, 15) is 4.79 Å². The monoisotopic (exact) mass is 511 g/mol. The first-order valence-electron chi connectivity index (χ1n) is 12.1. The van der Waals surface area contributed by atoms with E-state index >= 15 is 0 Å². The van der Waals surface area contributed by atoms with Crippen molar-refractivity contribution in [2.45, 2.75) is 13.0 Å². The highest BCUT2D eigenvalue weighted by Gasteiger charge is 2.37. The third-order valence-electron chi connectivity index (χ3n) is 6.39. The van der Waals surface area contributed by atoms with Gasteiger partial charge in [-0.2, -0.15) is 4.98 Å². The van der Waals surface area contributed by atoms with Gasteiger partial charge in [0.25, 0.3) is 5.91 Å². The van der Waals surface area contributed by atoms with E-state index in [0.717, 1.165) is 11.3 Å². The number of para-hydroxylation sites is 1. The lowest BCUT2D eigenvalue weighted by Gasteiger charge is -2.29. The van der Waals surface area contributed by atoms with Gasteiger partial charge in [-0.15, -0.1) is 5.10 Å². The number of pyridine rings is 1. The molecule has 4 aromatic rings. The molecule has 10 nitrogen and oxygen atoms in total. The van der Waals surface area contributed by atoms with E-state index in [1.807, 2.05) is 68.4 Å². The molecule has 0 saturated heterocycles. The van der Waals surface area contributed by atoms with Crippen LogP contribution in [0.2, 0.25) is 0 Å². The van der Waals surface area contributed by atoms with Crippen LogP contribution in [0.3, 0.4) is 0 Å². The van der Waals surface area contributed by atoms with Crippen LogP contribution in [0.15, 0.2) is 78.3 Å². The number of nitrogens with zero attached hydrogens (tertiary/aromatic N) is 5. The van der Waals surface area contributed by atoms with Crippen LogP contribution in [0.1, 0.15) is 18.5 Å². The summed E-state index contributed by atoms with van der Waals surface area (Å²) in [6.45, 7) is 1.85. The summed E-state index contributed by atoms with van der Waals surface area (Å²) in [7, 11) is 7.14. The number of hydrogen-bond donors (Lipinski definition) is 2. The Hall–Kier alpha value is -4.86. The Morgan fingerprint density at radius 2 is 1.84 bits per heavy atom. The third-order valence-corrected chi connectivity index (χ3v) is 6.39. The highest BCUT2D eigenvalue weighted by atomic mass is 16.5. The number of fused-ring (bicyclic) bond motifs is 1. The predicted octanol–water partition coefficient (Wildman–Crippen LogP) is 4.35. The molecule has 2 aromatic carbocycles. The molecule has 1 aliphatic rings. The van der Waals surface area contributed by atoms with Gasteiger partial charge in [-0.05, 0) is 49.4 Å². The average molecular weight is 512 g/mol. The summed E-state index contributed by atoms with van der Waals surface area (Å²) in [5.41, 5.74) is 4.34. The topological polar surface area (TPSA) is 106 Å². The average Bonchev–Trinajstić information content (AvgIpc) is 3.35. The maximum atomic E-state index is 13.7. The van der Waals surface area contributed by atoms with Crippen molar-refractivity contribution in [2.24, 2.45) is 0 Å². The summed E-state index contributed by atoms with van der Waals surface area (Å²) in [6.07, 6.45) is 3.25. The smallest absolute Gasteiger partial charge is 0.255 e. The van der Waals surface area contributed by atoms with Gasteiger partial charge in [-0.25, -0.2) is 4.68 Å². The molecule has 1 aliphatic heterocycles. The third kappa shape index (κ3) is 4.52. The molecule has 3 heterocycles. The fourth-order valence-corrected chi connectivity index (χ4v) is 4.53. The minimum atomic E-state index is -0.643. The van der Waals surface area contributed by atoms with Gasteiger partial charge < -0.3 is 25.0 Å². The molecule has 0 radical (unpaired) electrons. The molecule has 0 aliphatic carbocycles. The normalized spacial score (nSPS) is 14.4. The second kappa shape index (κ2) is 10.3. The minimum Gasteiger partial charge on any atom is -0.493 e. The van der Waals surface area contributed by atoms with Crippen LogP contribution in [-0.2, 0) is 4.79 Å². The summed E-state index contributed by atoms with van der Waals surface area (Å²) in [5.74, 6) is 1.82. The quantitative estimate of drug-likeness (QED) is 0.377. The summed E-state index contributed by atoms with van der Waals surface area (Å²) in [4.78, 5) is 24.6. The number of ether oxygens (including phenoxy) is 2. The fraction of sp³-hybridized carbons (Fsp3) is 0.214. The van der Waals surface area contributed by atoms with E-state index in [0.29, 0.717) is 45.8 Å². The Labute approximate surface area is 220 Å². The Bertz CT molecular complexity index is 1490. The number of benzene rings is 2. The summed E-state index contributed by atoms with van der Waals surface area (Å²) in [6, 6.07) is 16.5. The molecule has 1 unspecified atom stereocenters. The standard InChI is InChI=1S/C28H29N7O3/c1-17-23(27(36)31-19-8-7-15-29-16-19)24(21-9-6-10-22(37-4)25(21)38-5)35-28(30-17)32-26(33-35)18-11-13-20(14-12-18)34(2)3/h6-16,24H,1-5H3,(H,31,36)(H,30,32,33). The summed E-state index contributed by atoms with van der Waals surface area (Å²) in [5, 5.41) is 11.1. The van der Waals surface area contributed by atoms with Crippen LogP contribution >= 0.6 is 0 Å². The van der Waals surface area contributed by atoms with E-state index in [-0.39, 0.29) is 5.91 Å². The van der Waals surface area contributed by atoms with E-state index in [1.54, 1.807) is 43.4 Å². The summed E-state index contributed by atoms with van der Waals surface area (Å²) >= 11 is 0. The number of methoxy groups -OCH3 is 2. The van der Waals surface area contributed by atoms with Gasteiger partial charge in [0, 0.05) is 42.8 Å². The van der Waals surface area contributed by atoms with Gasteiger partial charge in [-0.1, -0.05) is 12.1 Å². The van der Waals surface area contributed by atoms with Crippen LogP contribution in [0, 0.1) is 0 Å². The molecule has 2 N–H and O–H groups in total. The molecule has 194 valence electrons. The molecule has 5 rings (SSSR count). The van der Waals surface area contributed by atoms with E-state index in [2.05, 4.69) is 15.6 Å².